The molecule has 0 bridgehead atoms. The number of aliphatic hydroxyl groups is 1. The molecule has 4 rings (SSSR count). The maximum absolute atomic E-state index is 9.85. The third kappa shape index (κ3) is 10.3. The van der Waals surface area contributed by atoms with Crippen molar-refractivity contribution in [3.63, 3.8) is 0 Å². The van der Waals surface area contributed by atoms with Crippen LogP contribution < -0.4 is 0 Å². The molecule has 0 aromatic heterocycles. The van der Waals surface area contributed by atoms with Gasteiger partial charge in [-0.05, 0) is 135 Å². The number of halogens is 6. The predicted octanol–water partition coefficient (Wildman–Crippen LogP) is 10.7. The summed E-state index contributed by atoms with van der Waals surface area (Å²) in [6, 6.07) is 22.0. The summed E-state index contributed by atoms with van der Waals surface area (Å²) < 4.78 is 2.54. The van der Waals surface area contributed by atoms with Crippen LogP contribution >= 0.6 is 86.9 Å². The van der Waals surface area contributed by atoms with E-state index >= 15 is 0 Å². The summed E-state index contributed by atoms with van der Waals surface area (Å²) in [6.45, 7) is 8.41. The molecule has 0 aliphatic rings. The van der Waals surface area contributed by atoms with E-state index in [9.17, 15) is 20.4 Å². The van der Waals surface area contributed by atoms with Gasteiger partial charge in [0.05, 0.1) is 24.0 Å². The molecule has 4 aromatic rings. The molecule has 44 heavy (non-hydrogen) atoms. The number of rotatable bonds is 6. The van der Waals surface area contributed by atoms with E-state index in [0.29, 0.717) is 17.9 Å². The molecule has 0 saturated carbocycles. The number of hydrogen-bond acceptors (Lipinski definition) is 5. The largest absolute Gasteiger partial charge is 0.508 e. The lowest BCUT2D eigenvalue weighted by Gasteiger charge is -2.27. The van der Waals surface area contributed by atoms with Crippen LogP contribution in [0.25, 0.3) is 0 Å². The van der Waals surface area contributed by atoms with Crippen molar-refractivity contribution in [1.29, 1.82) is 0 Å². The van der Waals surface area contributed by atoms with Gasteiger partial charge in [0.15, 0.2) is 0 Å². The van der Waals surface area contributed by atoms with Crippen LogP contribution in [0.4, 0.5) is 0 Å². The van der Waals surface area contributed by atoms with E-state index in [2.05, 4.69) is 91.4 Å². The third-order valence-electron chi connectivity index (χ3n) is 7.01. The molecule has 238 valence electrons. The SMILES string of the molecule is CC(C)(c1cc(Br)c(O)c(Br)c1)c1cc(Br)c(O)c(Br)c1.CC(C)(c1ccc(O)cc1)c1ccc(O)cc1.OC(CCl)CCl. The van der Waals surface area contributed by atoms with E-state index < -0.39 is 6.10 Å². The fourth-order valence-corrected chi connectivity index (χ4v) is 6.69. The number of benzene rings is 4. The summed E-state index contributed by atoms with van der Waals surface area (Å²) in [4.78, 5) is 0. The Balaban J connectivity index is 0.000000263. The number of aliphatic hydroxyl groups excluding tert-OH is 1. The highest BCUT2D eigenvalue weighted by molar-refractivity contribution is 9.11. The smallest absolute Gasteiger partial charge is 0.143 e. The van der Waals surface area contributed by atoms with E-state index in [1.165, 1.54) is 0 Å². The minimum absolute atomic E-state index is 0.151. The summed E-state index contributed by atoms with van der Waals surface area (Å²) >= 11 is 23.7. The van der Waals surface area contributed by atoms with E-state index in [0.717, 1.165) is 22.3 Å². The van der Waals surface area contributed by atoms with Crippen LogP contribution in [-0.2, 0) is 10.8 Å². The number of phenolic OH excluding ortho intramolecular Hbond substituents is 4. The first kappa shape index (κ1) is 38.7. The molecule has 5 nitrogen and oxygen atoms in total. The molecule has 11 heteroatoms. The average Bonchev–Trinajstić information content (AvgIpc) is 2.98. The Bertz CT molecular complexity index is 1370. The lowest BCUT2D eigenvalue weighted by Crippen LogP contribution is -2.19. The van der Waals surface area contributed by atoms with Gasteiger partial charge in [0, 0.05) is 22.6 Å². The second-order valence-corrected chi connectivity index (χ2v) is 14.9. The number of aromatic hydroxyl groups is 4. The van der Waals surface area contributed by atoms with Crippen molar-refractivity contribution in [2.24, 2.45) is 0 Å². The highest BCUT2D eigenvalue weighted by atomic mass is 79.9. The van der Waals surface area contributed by atoms with Gasteiger partial charge in [0.2, 0.25) is 0 Å². The predicted molar refractivity (Wildman–Crippen MR) is 195 cm³/mol. The Hall–Kier alpha value is -1.46. The number of alkyl halides is 2. The molecular formula is C33H34Br4Cl2O5. The Kier molecular flexibility index (Phi) is 14.9. The first-order chi connectivity index (χ1) is 20.4. The van der Waals surface area contributed by atoms with Gasteiger partial charge in [-0.15, -0.1) is 23.2 Å². The molecule has 0 amide bonds. The van der Waals surface area contributed by atoms with Crippen LogP contribution in [0.15, 0.2) is 90.7 Å². The van der Waals surface area contributed by atoms with Crippen molar-refractivity contribution in [2.75, 3.05) is 11.8 Å². The van der Waals surface area contributed by atoms with Crippen molar-refractivity contribution < 1.29 is 25.5 Å². The summed E-state index contributed by atoms with van der Waals surface area (Å²) in [7, 11) is 0. The maximum Gasteiger partial charge on any atom is 0.143 e. The molecule has 0 aliphatic heterocycles. The summed E-state index contributed by atoms with van der Waals surface area (Å²) in [5.74, 6) is 1.36. The molecule has 0 spiro atoms. The van der Waals surface area contributed by atoms with Crippen LogP contribution in [-0.4, -0.2) is 43.4 Å². The Labute approximate surface area is 302 Å². The van der Waals surface area contributed by atoms with Crippen LogP contribution in [0.2, 0.25) is 0 Å². The van der Waals surface area contributed by atoms with Crippen LogP contribution in [0, 0.1) is 0 Å². The van der Waals surface area contributed by atoms with Crippen LogP contribution in [0.1, 0.15) is 49.9 Å². The first-order valence-corrected chi connectivity index (χ1v) is 17.5. The van der Waals surface area contributed by atoms with Crippen molar-refractivity contribution >= 4 is 86.9 Å². The van der Waals surface area contributed by atoms with E-state index in [1.807, 2.05) is 48.5 Å². The monoisotopic (exact) mass is 896 g/mol. The van der Waals surface area contributed by atoms with Gasteiger partial charge in [-0.25, -0.2) is 0 Å². The molecule has 0 aliphatic carbocycles. The fourth-order valence-electron chi connectivity index (χ4n) is 3.98. The van der Waals surface area contributed by atoms with Crippen molar-refractivity contribution in [3.05, 3.63) is 113 Å². The molecule has 0 atom stereocenters. The molecule has 0 saturated heterocycles. The molecule has 0 unspecified atom stereocenters. The molecule has 0 heterocycles. The quantitative estimate of drug-likeness (QED) is 0.124. The molecule has 0 radical (unpaired) electrons. The molecular weight excluding hydrogens is 867 g/mol. The maximum atomic E-state index is 9.85. The van der Waals surface area contributed by atoms with Gasteiger partial charge >= 0.3 is 0 Å². The standard InChI is InChI=1S/C15H12Br4O2.C15H16O2.C3H6Cl2O/c1-15(2,7-3-9(16)13(20)10(17)4-7)8-5-11(18)14(21)12(19)6-8;1-15(2,11-3-7-13(16)8-4-11)12-5-9-14(17)10-6-12;4-1-3(6)2-5/h3-6,20-21H,1-2H3;3-10,16-17H,1-2H3;3,6H,1-2H2. The number of phenols is 4. The van der Waals surface area contributed by atoms with E-state index in [-0.39, 0.29) is 45.6 Å². The van der Waals surface area contributed by atoms with Gasteiger partial charge in [0.25, 0.3) is 0 Å². The Morgan fingerprint density at radius 3 is 1.00 bits per heavy atom. The topological polar surface area (TPSA) is 101 Å². The van der Waals surface area contributed by atoms with Crippen LogP contribution in [0.3, 0.4) is 0 Å². The summed E-state index contributed by atoms with van der Waals surface area (Å²) in [6.07, 6.45) is -0.534. The lowest BCUT2D eigenvalue weighted by atomic mass is 9.78. The minimum Gasteiger partial charge on any atom is -0.508 e. The van der Waals surface area contributed by atoms with E-state index in [1.54, 1.807) is 24.3 Å². The second kappa shape index (κ2) is 16.9. The molecule has 5 N–H and O–H groups in total. The van der Waals surface area contributed by atoms with Gasteiger partial charge in [-0.1, -0.05) is 52.0 Å². The van der Waals surface area contributed by atoms with Gasteiger partial charge in [-0.3, -0.25) is 0 Å². The Morgan fingerprint density at radius 2 is 0.773 bits per heavy atom. The molecule has 4 aromatic carbocycles. The Morgan fingerprint density at radius 1 is 0.523 bits per heavy atom. The van der Waals surface area contributed by atoms with Crippen molar-refractivity contribution in [3.8, 4) is 23.0 Å². The fraction of sp³-hybridized carbons (Fsp3) is 0.273. The highest BCUT2D eigenvalue weighted by Gasteiger charge is 2.27. The average molecular weight is 901 g/mol. The van der Waals surface area contributed by atoms with E-state index in [4.69, 9.17) is 28.3 Å². The highest BCUT2D eigenvalue weighted by Crippen LogP contribution is 2.43. The van der Waals surface area contributed by atoms with Gasteiger partial charge in [0.1, 0.15) is 23.0 Å². The van der Waals surface area contributed by atoms with Crippen molar-refractivity contribution in [1.82, 2.24) is 0 Å². The third-order valence-corrected chi connectivity index (χ3v) is 10.1. The summed E-state index contributed by atoms with van der Waals surface area (Å²) in [5.41, 5.74) is 3.85. The zero-order chi connectivity index (χ0) is 33.4. The normalized spacial score (nSPS) is 11.4. The van der Waals surface area contributed by atoms with Gasteiger partial charge < -0.3 is 25.5 Å². The van der Waals surface area contributed by atoms with Crippen molar-refractivity contribution in [2.45, 2.75) is 44.6 Å². The second-order valence-electron chi connectivity index (χ2n) is 10.9. The zero-order valence-electron chi connectivity index (χ0n) is 24.4. The zero-order valence-corrected chi connectivity index (χ0v) is 32.3. The number of hydrogen-bond donors (Lipinski definition) is 5. The lowest BCUT2D eigenvalue weighted by molar-refractivity contribution is 0.222. The minimum atomic E-state index is -0.534. The van der Waals surface area contributed by atoms with Crippen LogP contribution in [0.5, 0.6) is 23.0 Å². The molecule has 0 fully saturated rings. The first-order valence-electron chi connectivity index (χ1n) is 13.2. The van der Waals surface area contributed by atoms with Gasteiger partial charge in [-0.2, -0.15) is 0 Å². The summed E-state index contributed by atoms with van der Waals surface area (Å²) in [5, 5.41) is 46.7.